The third-order valence-corrected chi connectivity index (χ3v) is 5.35. The molecule has 3 rings (SSSR count). The van der Waals surface area contributed by atoms with Gasteiger partial charge in [0.15, 0.2) is 5.82 Å². The number of halogens is 7. The molecule has 14 heteroatoms. The van der Waals surface area contributed by atoms with Crippen LogP contribution in [0.5, 0.6) is 0 Å². The first-order valence-corrected chi connectivity index (χ1v) is 10.7. The van der Waals surface area contributed by atoms with Gasteiger partial charge in [0.25, 0.3) is 0 Å². The Balaban J connectivity index is 1.89. The van der Waals surface area contributed by atoms with Gasteiger partial charge in [-0.15, -0.1) is 5.10 Å². The number of aromatic nitrogens is 3. The molecule has 7 nitrogen and oxygen atoms in total. The van der Waals surface area contributed by atoms with Gasteiger partial charge in [-0.05, 0) is 35.9 Å². The molecule has 0 radical (unpaired) electrons. The van der Waals surface area contributed by atoms with Crippen LogP contribution in [-0.2, 0) is 24.1 Å². The van der Waals surface area contributed by atoms with E-state index in [-0.39, 0.29) is 11.4 Å². The summed E-state index contributed by atoms with van der Waals surface area (Å²) in [7, 11) is 0. The predicted molar refractivity (Wildman–Crippen MR) is 117 cm³/mol. The van der Waals surface area contributed by atoms with Crippen molar-refractivity contribution in [1.82, 2.24) is 19.7 Å². The van der Waals surface area contributed by atoms with Gasteiger partial charge in [-0.3, -0.25) is 9.36 Å². The first kappa shape index (κ1) is 27.3. The van der Waals surface area contributed by atoms with Gasteiger partial charge in [-0.25, -0.2) is 9.48 Å². The number of hydrogen-bond acceptors (Lipinski definition) is 4. The maximum Gasteiger partial charge on any atom is 0.416 e. The highest BCUT2D eigenvalue weighted by molar-refractivity contribution is 6.30. The SMILES string of the molecule is O=C(Cn1nc(-c2ccc(Cl)cc2)n(CCC(F)(F)F)c1=O)NC(CO)c1ccccc1C(F)(F)F. The molecule has 1 amide bonds. The molecule has 36 heavy (non-hydrogen) atoms. The molecule has 3 aromatic rings. The van der Waals surface area contributed by atoms with E-state index in [1.807, 2.05) is 0 Å². The molecule has 1 heterocycles. The average Bonchev–Trinajstić information content (AvgIpc) is 3.10. The number of carbonyl (C=O) groups is 1. The molecule has 1 unspecified atom stereocenters. The van der Waals surface area contributed by atoms with E-state index in [4.69, 9.17) is 11.6 Å². The lowest BCUT2D eigenvalue weighted by Crippen LogP contribution is -2.37. The smallest absolute Gasteiger partial charge is 0.394 e. The summed E-state index contributed by atoms with van der Waals surface area (Å²) in [6, 6.07) is 8.57. The second kappa shape index (κ2) is 10.7. The van der Waals surface area contributed by atoms with Gasteiger partial charge < -0.3 is 10.4 Å². The number of hydrogen-bond donors (Lipinski definition) is 2. The van der Waals surface area contributed by atoms with Crippen LogP contribution in [0.1, 0.15) is 23.6 Å². The fourth-order valence-electron chi connectivity index (χ4n) is 3.45. The molecule has 0 aliphatic rings. The minimum absolute atomic E-state index is 0.158. The lowest BCUT2D eigenvalue weighted by Gasteiger charge is -2.21. The predicted octanol–water partition coefficient (Wildman–Crippen LogP) is 4.19. The summed E-state index contributed by atoms with van der Waals surface area (Å²) in [5.41, 5.74) is -2.24. The molecule has 0 bridgehead atoms. The number of aliphatic hydroxyl groups excluding tert-OH is 1. The fourth-order valence-corrected chi connectivity index (χ4v) is 3.58. The van der Waals surface area contributed by atoms with Gasteiger partial charge in [-0.2, -0.15) is 26.3 Å². The number of alkyl halides is 6. The normalized spacial score (nSPS) is 13.0. The van der Waals surface area contributed by atoms with E-state index in [2.05, 4.69) is 10.4 Å². The molecule has 1 aromatic heterocycles. The molecule has 2 aromatic carbocycles. The molecule has 0 fully saturated rings. The number of amides is 1. The summed E-state index contributed by atoms with van der Waals surface area (Å²) in [6.45, 7) is -2.48. The van der Waals surface area contributed by atoms with Crippen molar-refractivity contribution in [1.29, 1.82) is 0 Å². The van der Waals surface area contributed by atoms with Crippen LogP contribution in [-0.4, -0.2) is 38.1 Å². The number of nitrogens with one attached hydrogen (secondary N) is 1. The van der Waals surface area contributed by atoms with Crippen molar-refractivity contribution in [3.63, 3.8) is 0 Å². The Bertz CT molecular complexity index is 1270. The minimum atomic E-state index is -4.75. The highest BCUT2D eigenvalue weighted by Gasteiger charge is 2.35. The van der Waals surface area contributed by atoms with Crippen molar-refractivity contribution in [2.45, 2.75) is 37.9 Å². The molecule has 0 spiro atoms. The summed E-state index contributed by atoms with van der Waals surface area (Å²) >= 11 is 5.83. The molecule has 2 N–H and O–H groups in total. The van der Waals surface area contributed by atoms with Crippen LogP contribution >= 0.6 is 11.6 Å². The largest absolute Gasteiger partial charge is 0.416 e. The van der Waals surface area contributed by atoms with E-state index in [0.717, 1.165) is 22.8 Å². The van der Waals surface area contributed by atoms with Crippen LogP contribution in [0.15, 0.2) is 53.3 Å². The van der Waals surface area contributed by atoms with Crippen LogP contribution in [0.2, 0.25) is 5.02 Å². The van der Waals surface area contributed by atoms with Crippen molar-refractivity contribution >= 4 is 17.5 Å². The standard InChI is InChI=1S/C22H19ClF6N4O3/c23-14-7-5-13(6-8-14)19-31-33(20(36)32(19)10-9-21(24,25)26)11-18(35)30-17(12-34)15-3-1-2-4-16(15)22(27,28)29/h1-8,17,34H,9-12H2,(H,30,35). The first-order chi connectivity index (χ1) is 16.8. The zero-order valence-corrected chi connectivity index (χ0v) is 19.0. The lowest BCUT2D eigenvalue weighted by atomic mass is 10.0. The maximum atomic E-state index is 13.3. The van der Waals surface area contributed by atoms with Gasteiger partial charge in [0.2, 0.25) is 5.91 Å². The number of rotatable bonds is 8. The van der Waals surface area contributed by atoms with Crippen LogP contribution < -0.4 is 11.0 Å². The third-order valence-electron chi connectivity index (χ3n) is 5.10. The summed E-state index contributed by atoms with van der Waals surface area (Å²) in [5, 5.41) is 16.1. The highest BCUT2D eigenvalue weighted by atomic mass is 35.5. The van der Waals surface area contributed by atoms with E-state index in [1.54, 1.807) is 0 Å². The first-order valence-electron chi connectivity index (χ1n) is 10.4. The third kappa shape index (κ3) is 6.66. The van der Waals surface area contributed by atoms with Crippen molar-refractivity contribution in [2.75, 3.05) is 6.61 Å². The number of aliphatic hydroxyl groups is 1. The topological polar surface area (TPSA) is 89.2 Å². The molecule has 194 valence electrons. The molecule has 0 aliphatic carbocycles. The minimum Gasteiger partial charge on any atom is -0.394 e. The van der Waals surface area contributed by atoms with Crippen molar-refractivity contribution in [3.05, 3.63) is 75.2 Å². The Morgan fingerprint density at radius 1 is 1.06 bits per heavy atom. The number of benzene rings is 2. The van der Waals surface area contributed by atoms with Crippen LogP contribution in [0, 0.1) is 0 Å². The highest BCUT2D eigenvalue weighted by Crippen LogP contribution is 2.34. The quantitative estimate of drug-likeness (QED) is 0.423. The fraction of sp³-hybridized carbons (Fsp3) is 0.318. The summed E-state index contributed by atoms with van der Waals surface area (Å²) in [6.07, 6.45) is -10.7. The van der Waals surface area contributed by atoms with Gasteiger partial charge >= 0.3 is 18.0 Å². The van der Waals surface area contributed by atoms with Gasteiger partial charge in [0.1, 0.15) is 6.54 Å². The Hall–Kier alpha value is -3.32. The Labute approximate surface area is 204 Å². The Morgan fingerprint density at radius 3 is 2.28 bits per heavy atom. The van der Waals surface area contributed by atoms with Crippen LogP contribution in [0.4, 0.5) is 26.3 Å². The van der Waals surface area contributed by atoms with Crippen molar-refractivity contribution < 1.29 is 36.2 Å². The summed E-state index contributed by atoms with van der Waals surface area (Å²) in [5.74, 6) is -1.15. The van der Waals surface area contributed by atoms with Crippen LogP contribution in [0.25, 0.3) is 11.4 Å². The molecular formula is C22H19ClF6N4O3. The molecule has 1 atom stereocenters. The van der Waals surface area contributed by atoms with Crippen molar-refractivity contribution in [2.24, 2.45) is 0 Å². The van der Waals surface area contributed by atoms with E-state index in [1.165, 1.54) is 30.3 Å². The molecule has 0 saturated carbocycles. The van der Waals surface area contributed by atoms with Gasteiger partial charge in [-0.1, -0.05) is 29.8 Å². The molecule has 0 aliphatic heterocycles. The monoisotopic (exact) mass is 536 g/mol. The zero-order chi connectivity index (χ0) is 26.7. The maximum absolute atomic E-state index is 13.3. The van der Waals surface area contributed by atoms with Gasteiger partial charge in [0, 0.05) is 17.1 Å². The van der Waals surface area contributed by atoms with Crippen LogP contribution in [0.3, 0.4) is 0 Å². The lowest BCUT2D eigenvalue weighted by molar-refractivity contribution is -0.139. The second-order valence-corrected chi connectivity index (χ2v) is 8.11. The summed E-state index contributed by atoms with van der Waals surface area (Å²) < 4.78 is 79.8. The molecular weight excluding hydrogens is 518 g/mol. The summed E-state index contributed by atoms with van der Waals surface area (Å²) in [4.78, 5) is 25.4. The zero-order valence-electron chi connectivity index (χ0n) is 18.3. The molecule has 0 saturated heterocycles. The van der Waals surface area contributed by atoms with E-state index in [9.17, 15) is 41.0 Å². The Kier molecular flexibility index (Phi) is 8.14. The Morgan fingerprint density at radius 2 is 1.69 bits per heavy atom. The van der Waals surface area contributed by atoms with Crippen molar-refractivity contribution in [3.8, 4) is 11.4 Å². The second-order valence-electron chi connectivity index (χ2n) is 7.68. The van der Waals surface area contributed by atoms with E-state index in [0.29, 0.717) is 9.70 Å². The number of carbonyl (C=O) groups excluding carboxylic acids is 1. The van der Waals surface area contributed by atoms with Gasteiger partial charge in [0.05, 0.1) is 24.6 Å². The number of nitrogens with zero attached hydrogens (tertiary/aromatic N) is 3. The average molecular weight is 537 g/mol. The van der Waals surface area contributed by atoms with E-state index < -0.39 is 67.2 Å². The van der Waals surface area contributed by atoms with E-state index >= 15 is 0 Å².